The van der Waals surface area contributed by atoms with Crippen LogP contribution in [0.1, 0.15) is 18.8 Å². The number of hydrogen-bond donors (Lipinski definition) is 2. The van der Waals surface area contributed by atoms with E-state index in [0.29, 0.717) is 0 Å². The van der Waals surface area contributed by atoms with Crippen LogP contribution in [0.15, 0.2) is 18.5 Å². The van der Waals surface area contributed by atoms with Gasteiger partial charge >= 0.3 is 0 Å². The lowest BCUT2D eigenvalue weighted by atomic mass is 10.3. The zero-order valence-corrected chi connectivity index (χ0v) is 10.4. The summed E-state index contributed by atoms with van der Waals surface area (Å²) in [5.41, 5.74) is 0. The summed E-state index contributed by atoms with van der Waals surface area (Å²) in [4.78, 5) is 6.75. The maximum absolute atomic E-state index is 4.56. The number of piperazine rings is 1. The minimum absolute atomic E-state index is 0.0733. The van der Waals surface area contributed by atoms with Gasteiger partial charge in [0, 0.05) is 38.6 Å². The van der Waals surface area contributed by atoms with Crippen LogP contribution in [-0.4, -0.2) is 51.1 Å². The first-order chi connectivity index (χ1) is 8.84. The highest BCUT2D eigenvalue weighted by Gasteiger charge is 2.18. The van der Waals surface area contributed by atoms with Gasteiger partial charge in [0.2, 0.25) is 5.95 Å². The van der Waals surface area contributed by atoms with Gasteiger partial charge in [-0.25, -0.2) is 0 Å². The highest BCUT2D eigenvalue weighted by molar-refractivity contribution is 5.29. The maximum atomic E-state index is 4.56. The Morgan fingerprint density at radius 1 is 1.33 bits per heavy atom. The molecule has 7 heteroatoms. The Balaban J connectivity index is 1.76. The molecular weight excluding hydrogens is 230 g/mol. The van der Waals surface area contributed by atoms with Crippen molar-refractivity contribution in [3.63, 3.8) is 0 Å². The molecule has 1 atom stereocenters. The molecule has 96 valence electrons. The Morgan fingerprint density at radius 3 is 2.89 bits per heavy atom. The number of hydrogen-bond acceptors (Lipinski definition) is 5. The van der Waals surface area contributed by atoms with Crippen LogP contribution in [-0.2, 0) is 0 Å². The van der Waals surface area contributed by atoms with E-state index in [4.69, 9.17) is 0 Å². The summed E-state index contributed by atoms with van der Waals surface area (Å²) in [6.07, 6.45) is 3.70. The number of aromatic nitrogens is 5. The van der Waals surface area contributed by atoms with Gasteiger partial charge in [-0.2, -0.15) is 10.1 Å². The van der Waals surface area contributed by atoms with Gasteiger partial charge in [0.15, 0.2) is 5.82 Å². The average molecular weight is 247 g/mol. The van der Waals surface area contributed by atoms with E-state index >= 15 is 0 Å². The van der Waals surface area contributed by atoms with Gasteiger partial charge in [-0.05, 0) is 13.0 Å². The molecule has 0 aliphatic carbocycles. The van der Waals surface area contributed by atoms with Crippen LogP contribution in [0, 0.1) is 0 Å². The van der Waals surface area contributed by atoms with Crippen LogP contribution >= 0.6 is 0 Å². The predicted octanol–water partition coefficient (Wildman–Crippen LogP) is 0.0201. The number of nitrogens with zero attached hydrogens (tertiary/aromatic N) is 5. The SMILES string of the molecule is CC(c1nc(N2CCNCC2)n[nH]1)n1cccn1. The molecule has 0 saturated carbocycles. The molecule has 1 aliphatic heterocycles. The second-order valence-electron chi connectivity index (χ2n) is 4.42. The van der Waals surface area contributed by atoms with E-state index in [1.807, 2.05) is 16.9 Å². The molecule has 18 heavy (non-hydrogen) atoms. The zero-order chi connectivity index (χ0) is 12.4. The number of H-pyrrole nitrogens is 1. The fourth-order valence-electron chi connectivity index (χ4n) is 2.09. The van der Waals surface area contributed by atoms with Crippen LogP contribution in [0.4, 0.5) is 5.95 Å². The van der Waals surface area contributed by atoms with Crippen LogP contribution in [0.5, 0.6) is 0 Å². The van der Waals surface area contributed by atoms with Crippen LogP contribution in [0.3, 0.4) is 0 Å². The minimum atomic E-state index is 0.0733. The summed E-state index contributed by atoms with van der Waals surface area (Å²) in [6, 6.07) is 1.98. The largest absolute Gasteiger partial charge is 0.337 e. The molecule has 1 aliphatic rings. The van der Waals surface area contributed by atoms with Crippen molar-refractivity contribution in [3.8, 4) is 0 Å². The molecule has 0 bridgehead atoms. The maximum Gasteiger partial charge on any atom is 0.244 e. The Bertz CT molecular complexity index is 483. The molecule has 7 nitrogen and oxygen atoms in total. The Labute approximate surface area is 105 Å². The number of anilines is 1. The number of nitrogens with one attached hydrogen (secondary N) is 2. The fraction of sp³-hybridized carbons (Fsp3) is 0.545. The first-order valence-electron chi connectivity index (χ1n) is 6.21. The van der Waals surface area contributed by atoms with Crippen LogP contribution in [0.2, 0.25) is 0 Å². The first kappa shape index (κ1) is 11.2. The van der Waals surface area contributed by atoms with Gasteiger partial charge in [0.1, 0.15) is 6.04 Å². The lowest BCUT2D eigenvalue weighted by molar-refractivity contribution is 0.537. The summed E-state index contributed by atoms with van der Waals surface area (Å²) in [6.45, 7) is 5.92. The van der Waals surface area contributed by atoms with Gasteiger partial charge in [-0.3, -0.25) is 9.78 Å². The van der Waals surface area contributed by atoms with E-state index in [-0.39, 0.29) is 6.04 Å². The van der Waals surface area contributed by atoms with Crippen molar-refractivity contribution in [2.45, 2.75) is 13.0 Å². The summed E-state index contributed by atoms with van der Waals surface area (Å²) in [5, 5.41) is 14.8. The quantitative estimate of drug-likeness (QED) is 0.800. The average Bonchev–Trinajstić information content (AvgIpc) is 3.10. The van der Waals surface area contributed by atoms with E-state index in [1.54, 1.807) is 6.20 Å². The number of aromatic amines is 1. The number of rotatable bonds is 3. The van der Waals surface area contributed by atoms with Crippen molar-refractivity contribution in [2.24, 2.45) is 0 Å². The fourth-order valence-corrected chi connectivity index (χ4v) is 2.09. The van der Waals surface area contributed by atoms with E-state index in [1.165, 1.54) is 0 Å². The van der Waals surface area contributed by atoms with Gasteiger partial charge in [0.05, 0.1) is 0 Å². The summed E-state index contributed by atoms with van der Waals surface area (Å²) < 4.78 is 1.86. The van der Waals surface area contributed by atoms with Crippen molar-refractivity contribution < 1.29 is 0 Å². The van der Waals surface area contributed by atoms with E-state index in [2.05, 4.69) is 37.4 Å². The monoisotopic (exact) mass is 247 g/mol. The Kier molecular flexibility index (Phi) is 2.97. The molecule has 1 saturated heterocycles. The third-order valence-electron chi connectivity index (χ3n) is 3.21. The second kappa shape index (κ2) is 4.77. The third-order valence-corrected chi connectivity index (χ3v) is 3.21. The molecule has 2 aromatic rings. The summed E-state index contributed by atoms with van der Waals surface area (Å²) in [7, 11) is 0. The van der Waals surface area contributed by atoms with E-state index in [9.17, 15) is 0 Å². The topological polar surface area (TPSA) is 74.7 Å². The van der Waals surface area contributed by atoms with Crippen molar-refractivity contribution in [1.29, 1.82) is 0 Å². The van der Waals surface area contributed by atoms with E-state index in [0.717, 1.165) is 38.0 Å². The standard InChI is InChI=1S/C11H17N7/c1-9(18-6-2-3-13-18)10-14-11(16-15-10)17-7-4-12-5-8-17/h2-3,6,9,12H,4-5,7-8H2,1H3,(H,14,15,16). The predicted molar refractivity (Wildman–Crippen MR) is 67.5 cm³/mol. The summed E-state index contributed by atoms with van der Waals surface area (Å²) >= 11 is 0. The van der Waals surface area contributed by atoms with Crippen molar-refractivity contribution >= 4 is 5.95 Å². The second-order valence-corrected chi connectivity index (χ2v) is 4.42. The molecule has 2 N–H and O–H groups in total. The van der Waals surface area contributed by atoms with E-state index < -0.39 is 0 Å². The lowest BCUT2D eigenvalue weighted by Crippen LogP contribution is -2.44. The normalized spacial score (nSPS) is 17.9. The highest BCUT2D eigenvalue weighted by atomic mass is 15.4. The molecule has 0 amide bonds. The van der Waals surface area contributed by atoms with Crippen molar-refractivity contribution in [1.82, 2.24) is 30.3 Å². The molecular formula is C11H17N7. The van der Waals surface area contributed by atoms with Gasteiger partial charge < -0.3 is 10.2 Å². The Hall–Kier alpha value is -1.89. The molecule has 3 rings (SSSR count). The lowest BCUT2D eigenvalue weighted by Gasteiger charge is -2.25. The Morgan fingerprint density at radius 2 is 2.17 bits per heavy atom. The zero-order valence-electron chi connectivity index (χ0n) is 10.4. The first-order valence-corrected chi connectivity index (χ1v) is 6.21. The summed E-state index contributed by atoms with van der Waals surface area (Å²) in [5.74, 6) is 1.62. The van der Waals surface area contributed by atoms with Gasteiger partial charge in [-0.1, -0.05) is 0 Å². The smallest absolute Gasteiger partial charge is 0.244 e. The minimum Gasteiger partial charge on any atom is -0.337 e. The molecule has 1 unspecified atom stereocenters. The van der Waals surface area contributed by atoms with Gasteiger partial charge in [-0.15, -0.1) is 5.10 Å². The third kappa shape index (κ3) is 2.08. The van der Waals surface area contributed by atoms with Crippen LogP contribution < -0.4 is 10.2 Å². The van der Waals surface area contributed by atoms with Crippen molar-refractivity contribution in [3.05, 3.63) is 24.3 Å². The molecule has 1 fully saturated rings. The molecule has 2 aromatic heterocycles. The van der Waals surface area contributed by atoms with Crippen LogP contribution in [0.25, 0.3) is 0 Å². The molecule has 3 heterocycles. The van der Waals surface area contributed by atoms with Gasteiger partial charge in [0.25, 0.3) is 0 Å². The van der Waals surface area contributed by atoms with Crippen molar-refractivity contribution in [2.75, 3.05) is 31.1 Å². The molecule has 0 spiro atoms. The highest BCUT2D eigenvalue weighted by Crippen LogP contribution is 2.15. The molecule has 0 aromatic carbocycles. The molecule has 0 radical (unpaired) electrons.